The highest BCUT2D eigenvalue weighted by molar-refractivity contribution is 5.74. The fourth-order valence-corrected chi connectivity index (χ4v) is 2.29. The first-order valence-electron chi connectivity index (χ1n) is 5.65. The Kier molecular flexibility index (Phi) is 3.13. The summed E-state index contributed by atoms with van der Waals surface area (Å²) < 4.78 is 0. The lowest BCUT2D eigenvalue weighted by Crippen LogP contribution is -2.34. The zero-order chi connectivity index (χ0) is 12.4. The molecule has 1 N–H and O–H groups in total. The number of carbonyl (C=O) groups excluding carboxylic acids is 1. The van der Waals surface area contributed by atoms with Gasteiger partial charge >= 0.3 is 5.97 Å². The molecule has 4 heteroatoms. The summed E-state index contributed by atoms with van der Waals surface area (Å²) in [6.45, 7) is 2.84. The number of nitrogens with zero attached hydrogens (tertiary/aromatic N) is 1. The minimum absolute atomic E-state index is 0.0588. The van der Waals surface area contributed by atoms with Crippen LogP contribution in [0.25, 0.3) is 0 Å². The zero-order valence-electron chi connectivity index (χ0n) is 9.77. The van der Waals surface area contributed by atoms with Gasteiger partial charge in [0, 0.05) is 20.0 Å². The van der Waals surface area contributed by atoms with Crippen molar-refractivity contribution >= 4 is 11.9 Å². The van der Waals surface area contributed by atoms with Crippen molar-refractivity contribution in [3.63, 3.8) is 0 Å². The Hall–Kier alpha value is -1.84. The number of carboxylic acids is 1. The van der Waals surface area contributed by atoms with E-state index in [9.17, 15) is 9.59 Å². The third-order valence-corrected chi connectivity index (χ3v) is 3.15. The highest BCUT2D eigenvalue weighted by atomic mass is 16.4. The average Bonchev–Trinajstić information content (AvgIpc) is 2.28. The van der Waals surface area contributed by atoms with Gasteiger partial charge in [-0.15, -0.1) is 0 Å². The van der Waals surface area contributed by atoms with Crippen LogP contribution in [-0.2, 0) is 29.0 Å². The number of fused-ring (bicyclic) bond motifs is 1. The van der Waals surface area contributed by atoms with Gasteiger partial charge in [-0.3, -0.25) is 9.59 Å². The average molecular weight is 233 g/mol. The summed E-state index contributed by atoms with van der Waals surface area (Å²) in [5.41, 5.74) is 3.05. The fraction of sp³-hybridized carbons (Fsp3) is 0.385. The molecule has 4 nitrogen and oxygen atoms in total. The number of rotatable bonds is 2. The first kappa shape index (κ1) is 11.6. The van der Waals surface area contributed by atoms with E-state index in [2.05, 4.69) is 0 Å². The lowest BCUT2D eigenvalue weighted by Gasteiger charge is -2.29. The van der Waals surface area contributed by atoms with Crippen molar-refractivity contribution in [3.05, 3.63) is 34.9 Å². The second kappa shape index (κ2) is 4.57. The van der Waals surface area contributed by atoms with E-state index in [0.717, 1.165) is 23.1 Å². The van der Waals surface area contributed by atoms with E-state index in [0.29, 0.717) is 13.1 Å². The van der Waals surface area contributed by atoms with Crippen LogP contribution >= 0.6 is 0 Å². The molecular formula is C13H15NO3. The molecule has 1 amide bonds. The molecule has 1 heterocycles. The van der Waals surface area contributed by atoms with Gasteiger partial charge in [0.1, 0.15) is 0 Å². The molecule has 1 aromatic rings. The van der Waals surface area contributed by atoms with Gasteiger partial charge in [-0.05, 0) is 23.1 Å². The van der Waals surface area contributed by atoms with Crippen molar-refractivity contribution in [1.82, 2.24) is 4.90 Å². The number of aliphatic carboxylic acids is 1. The molecule has 1 aliphatic rings. The summed E-state index contributed by atoms with van der Waals surface area (Å²) in [5, 5.41) is 8.84. The van der Waals surface area contributed by atoms with Crippen molar-refractivity contribution in [1.29, 1.82) is 0 Å². The van der Waals surface area contributed by atoms with Crippen LogP contribution in [0, 0.1) is 0 Å². The number of carboxylic acid groups (broad SMARTS) is 1. The number of carbonyl (C=O) groups is 2. The molecule has 0 fully saturated rings. The molecule has 1 aliphatic heterocycles. The largest absolute Gasteiger partial charge is 0.481 e. The lowest BCUT2D eigenvalue weighted by atomic mass is 9.93. The van der Waals surface area contributed by atoms with Crippen molar-refractivity contribution < 1.29 is 14.7 Å². The van der Waals surface area contributed by atoms with E-state index in [4.69, 9.17) is 5.11 Å². The summed E-state index contributed by atoms with van der Waals surface area (Å²) in [7, 11) is 0. The SMILES string of the molecule is CC(=O)N1CCc2c(CC(=O)O)cccc2C1. The molecule has 0 aromatic heterocycles. The molecule has 1 aromatic carbocycles. The molecule has 0 saturated heterocycles. The van der Waals surface area contributed by atoms with Gasteiger partial charge in [0.2, 0.25) is 5.91 Å². The van der Waals surface area contributed by atoms with Crippen LogP contribution in [0.2, 0.25) is 0 Å². The Morgan fingerprint density at radius 1 is 1.41 bits per heavy atom. The first-order chi connectivity index (χ1) is 8.08. The molecule has 0 spiro atoms. The molecular weight excluding hydrogens is 218 g/mol. The summed E-state index contributed by atoms with van der Waals surface area (Å²) in [6.07, 6.45) is 0.807. The highest BCUT2D eigenvalue weighted by Gasteiger charge is 2.20. The quantitative estimate of drug-likeness (QED) is 0.835. The van der Waals surface area contributed by atoms with E-state index < -0.39 is 5.97 Å². The Balaban J connectivity index is 2.29. The van der Waals surface area contributed by atoms with Crippen LogP contribution < -0.4 is 0 Å². The van der Waals surface area contributed by atoms with Crippen LogP contribution in [0.5, 0.6) is 0 Å². The minimum Gasteiger partial charge on any atom is -0.481 e. The second-order valence-corrected chi connectivity index (χ2v) is 4.32. The van der Waals surface area contributed by atoms with Gasteiger partial charge < -0.3 is 10.0 Å². The van der Waals surface area contributed by atoms with E-state index in [1.807, 2.05) is 18.2 Å². The predicted octanol–water partition coefficient (Wildman–Crippen LogP) is 1.22. The van der Waals surface area contributed by atoms with Crippen LogP contribution in [0.4, 0.5) is 0 Å². The van der Waals surface area contributed by atoms with E-state index >= 15 is 0 Å². The Bertz CT molecular complexity index is 468. The van der Waals surface area contributed by atoms with E-state index in [1.54, 1.807) is 11.8 Å². The number of hydrogen-bond acceptors (Lipinski definition) is 2. The molecule has 0 saturated carbocycles. The van der Waals surface area contributed by atoms with Gasteiger partial charge in [0.15, 0.2) is 0 Å². The number of hydrogen-bond donors (Lipinski definition) is 1. The van der Waals surface area contributed by atoms with E-state index in [-0.39, 0.29) is 12.3 Å². The van der Waals surface area contributed by atoms with Crippen molar-refractivity contribution in [3.8, 4) is 0 Å². The Labute approximate surface area is 99.9 Å². The zero-order valence-corrected chi connectivity index (χ0v) is 9.77. The van der Waals surface area contributed by atoms with Gasteiger partial charge in [-0.25, -0.2) is 0 Å². The molecule has 0 bridgehead atoms. The highest BCUT2D eigenvalue weighted by Crippen LogP contribution is 2.23. The molecule has 0 radical (unpaired) electrons. The number of amides is 1. The van der Waals surface area contributed by atoms with Crippen LogP contribution in [0.15, 0.2) is 18.2 Å². The summed E-state index contributed by atoms with van der Waals surface area (Å²) in [6, 6.07) is 5.69. The second-order valence-electron chi connectivity index (χ2n) is 4.32. The monoisotopic (exact) mass is 233 g/mol. The first-order valence-corrected chi connectivity index (χ1v) is 5.65. The van der Waals surface area contributed by atoms with Crippen molar-refractivity contribution in [2.24, 2.45) is 0 Å². The van der Waals surface area contributed by atoms with Gasteiger partial charge in [0.25, 0.3) is 0 Å². The van der Waals surface area contributed by atoms with Crippen molar-refractivity contribution in [2.45, 2.75) is 26.3 Å². The van der Waals surface area contributed by atoms with Crippen LogP contribution in [-0.4, -0.2) is 28.4 Å². The summed E-state index contributed by atoms with van der Waals surface area (Å²) in [5.74, 6) is -0.744. The van der Waals surface area contributed by atoms with Crippen LogP contribution in [0.1, 0.15) is 23.6 Å². The molecule has 0 atom stereocenters. The smallest absolute Gasteiger partial charge is 0.307 e. The maximum absolute atomic E-state index is 11.3. The maximum atomic E-state index is 11.3. The molecule has 0 unspecified atom stereocenters. The fourth-order valence-electron chi connectivity index (χ4n) is 2.29. The Morgan fingerprint density at radius 2 is 2.18 bits per heavy atom. The maximum Gasteiger partial charge on any atom is 0.307 e. The van der Waals surface area contributed by atoms with Gasteiger partial charge in [-0.1, -0.05) is 18.2 Å². The van der Waals surface area contributed by atoms with Crippen LogP contribution in [0.3, 0.4) is 0 Å². The van der Waals surface area contributed by atoms with Crippen molar-refractivity contribution in [2.75, 3.05) is 6.54 Å². The summed E-state index contributed by atoms with van der Waals surface area (Å²) in [4.78, 5) is 23.9. The standard InChI is InChI=1S/C13H15NO3/c1-9(15)14-6-5-12-10(7-13(16)17)3-2-4-11(12)8-14/h2-4H,5-8H2,1H3,(H,16,17). The summed E-state index contributed by atoms with van der Waals surface area (Å²) >= 11 is 0. The topological polar surface area (TPSA) is 57.6 Å². The minimum atomic E-state index is -0.813. The predicted molar refractivity (Wildman–Crippen MR) is 62.6 cm³/mol. The lowest BCUT2D eigenvalue weighted by molar-refractivity contribution is -0.136. The molecule has 90 valence electrons. The normalized spacial score (nSPS) is 14.3. The third kappa shape index (κ3) is 2.46. The molecule has 17 heavy (non-hydrogen) atoms. The van der Waals surface area contributed by atoms with Gasteiger partial charge in [0.05, 0.1) is 6.42 Å². The van der Waals surface area contributed by atoms with E-state index in [1.165, 1.54) is 0 Å². The molecule has 0 aliphatic carbocycles. The Morgan fingerprint density at radius 3 is 2.82 bits per heavy atom. The third-order valence-electron chi connectivity index (χ3n) is 3.15. The molecule has 2 rings (SSSR count). The number of benzene rings is 1. The van der Waals surface area contributed by atoms with Gasteiger partial charge in [-0.2, -0.15) is 0 Å².